The maximum Gasteiger partial charge on any atom is 0.303 e. The Bertz CT molecular complexity index is 124. The number of carbonyl (C=O) groups excluding carboxylic acids is 1. The first-order valence-corrected chi connectivity index (χ1v) is 3.53. The van der Waals surface area contributed by atoms with Gasteiger partial charge >= 0.3 is 5.97 Å². The highest BCUT2D eigenvalue weighted by molar-refractivity contribution is 7.81. The number of thiol groups is 1. The molecule has 0 aromatic carbocycles. The summed E-state index contributed by atoms with van der Waals surface area (Å²) in [7, 11) is 0. The molecule has 0 aliphatic heterocycles. The van der Waals surface area contributed by atoms with Crippen molar-refractivity contribution < 1.29 is 14.7 Å². The van der Waals surface area contributed by atoms with Crippen molar-refractivity contribution in [2.75, 3.05) is 0 Å². The number of hydrogen-bond donors (Lipinski definition) is 2. The first kappa shape index (κ1) is 9.49. The van der Waals surface area contributed by atoms with Crippen molar-refractivity contribution in [2.24, 2.45) is 0 Å². The van der Waals surface area contributed by atoms with E-state index < -0.39 is 5.97 Å². The van der Waals surface area contributed by atoms with Crippen LogP contribution in [-0.4, -0.2) is 22.6 Å². The first-order chi connectivity index (χ1) is 4.66. The van der Waals surface area contributed by atoms with E-state index in [0.29, 0.717) is 19.1 Å². The molecule has 1 N–H and O–H groups in total. The summed E-state index contributed by atoms with van der Waals surface area (Å²) < 4.78 is 0. The van der Waals surface area contributed by atoms with Crippen molar-refractivity contribution in [1.82, 2.24) is 0 Å². The lowest BCUT2D eigenvalue weighted by molar-refractivity contribution is -0.137. The molecule has 58 valence electrons. The Hall–Kier alpha value is -0.510. The predicted octanol–water partition coefficient (Wildman–Crippen LogP) is 0.739. The fourth-order valence-electron chi connectivity index (χ4n) is 0.530. The van der Waals surface area contributed by atoms with E-state index in [0.717, 1.165) is 0 Å². The van der Waals surface area contributed by atoms with Crippen molar-refractivity contribution in [3.05, 3.63) is 0 Å². The quantitative estimate of drug-likeness (QED) is 0.463. The lowest BCUT2D eigenvalue weighted by Gasteiger charge is -1.98. The standard InChI is InChI=1S/C6H10O3S/c7-4-5(10)2-1-3-6(8)9/h4-5,10H,1-3H2,(H,8,9). The molecule has 0 heterocycles. The molecule has 0 bridgehead atoms. The molecule has 0 radical (unpaired) electrons. The number of carboxylic acids is 1. The van der Waals surface area contributed by atoms with Crippen LogP contribution in [0.4, 0.5) is 0 Å². The summed E-state index contributed by atoms with van der Waals surface area (Å²) >= 11 is 3.87. The number of hydrogen-bond acceptors (Lipinski definition) is 3. The second-order valence-corrected chi connectivity index (χ2v) is 2.65. The molecule has 1 atom stereocenters. The molecule has 0 aliphatic carbocycles. The van der Waals surface area contributed by atoms with Gasteiger partial charge in [0.05, 0.1) is 5.25 Å². The molecule has 0 saturated carbocycles. The van der Waals surface area contributed by atoms with E-state index >= 15 is 0 Å². The number of aliphatic carboxylic acids is 1. The van der Waals surface area contributed by atoms with Crippen molar-refractivity contribution >= 4 is 24.9 Å². The van der Waals surface area contributed by atoms with Crippen molar-refractivity contribution in [3.63, 3.8) is 0 Å². The molecule has 0 amide bonds. The third-order valence-corrected chi connectivity index (χ3v) is 1.43. The molecule has 4 heteroatoms. The van der Waals surface area contributed by atoms with Gasteiger partial charge in [-0.25, -0.2) is 0 Å². The van der Waals surface area contributed by atoms with Gasteiger partial charge in [0, 0.05) is 6.42 Å². The largest absolute Gasteiger partial charge is 0.481 e. The van der Waals surface area contributed by atoms with Crippen molar-refractivity contribution in [1.29, 1.82) is 0 Å². The van der Waals surface area contributed by atoms with E-state index in [1.165, 1.54) is 0 Å². The van der Waals surface area contributed by atoms with Crippen LogP contribution < -0.4 is 0 Å². The SMILES string of the molecule is O=CC(S)CCCC(=O)O. The van der Waals surface area contributed by atoms with Crippen LogP contribution in [0.15, 0.2) is 0 Å². The van der Waals surface area contributed by atoms with E-state index in [-0.39, 0.29) is 11.7 Å². The van der Waals surface area contributed by atoms with E-state index in [1.54, 1.807) is 0 Å². The van der Waals surface area contributed by atoms with Gasteiger partial charge in [-0.3, -0.25) is 4.79 Å². The summed E-state index contributed by atoms with van der Waals surface area (Å²) in [6, 6.07) is 0. The summed E-state index contributed by atoms with van der Waals surface area (Å²) in [6.07, 6.45) is 1.89. The highest BCUT2D eigenvalue weighted by atomic mass is 32.1. The molecule has 0 spiro atoms. The molecule has 0 aromatic heterocycles. The Morgan fingerprint density at radius 3 is 2.70 bits per heavy atom. The van der Waals surface area contributed by atoms with Gasteiger partial charge in [0.15, 0.2) is 0 Å². The Labute approximate surface area is 64.8 Å². The fourth-order valence-corrected chi connectivity index (χ4v) is 0.713. The van der Waals surface area contributed by atoms with Crippen molar-refractivity contribution in [2.45, 2.75) is 24.5 Å². The predicted molar refractivity (Wildman–Crippen MR) is 40.3 cm³/mol. The zero-order valence-electron chi connectivity index (χ0n) is 5.49. The van der Waals surface area contributed by atoms with E-state index in [9.17, 15) is 9.59 Å². The molecule has 0 aromatic rings. The summed E-state index contributed by atoms with van der Waals surface area (Å²) in [5.41, 5.74) is 0. The summed E-state index contributed by atoms with van der Waals surface area (Å²) in [5, 5.41) is 7.88. The molecule has 0 aliphatic rings. The van der Waals surface area contributed by atoms with Gasteiger partial charge in [0.2, 0.25) is 0 Å². The average Bonchev–Trinajstić information content (AvgIpc) is 1.87. The van der Waals surface area contributed by atoms with Crippen LogP contribution in [0, 0.1) is 0 Å². The fraction of sp³-hybridized carbons (Fsp3) is 0.667. The van der Waals surface area contributed by atoms with Crippen LogP contribution in [-0.2, 0) is 9.59 Å². The molecule has 0 fully saturated rings. The van der Waals surface area contributed by atoms with Gasteiger partial charge in [0.1, 0.15) is 6.29 Å². The smallest absolute Gasteiger partial charge is 0.303 e. The minimum atomic E-state index is -0.827. The number of aldehydes is 1. The Balaban J connectivity index is 3.19. The molecule has 3 nitrogen and oxygen atoms in total. The zero-order valence-corrected chi connectivity index (χ0v) is 6.38. The third-order valence-electron chi connectivity index (χ3n) is 1.05. The van der Waals surface area contributed by atoms with E-state index in [2.05, 4.69) is 12.6 Å². The Kier molecular flexibility index (Phi) is 5.02. The van der Waals surface area contributed by atoms with Crippen LogP contribution in [0.3, 0.4) is 0 Å². The second kappa shape index (κ2) is 5.29. The van der Waals surface area contributed by atoms with Gasteiger partial charge in [-0.15, -0.1) is 0 Å². The van der Waals surface area contributed by atoms with Gasteiger partial charge in [0.25, 0.3) is 0 Å². The van der Waals surface area contributed by atoms with E-state index in [4.69, 9.17) is 5.11 Å². The van der Waals surface area contributed by atoms with Crippen LogP contribution in [0.5, 0.6) is 0 Å². The lowest BCUT2D eigenvalue weighted by Crippen LogP contribution is -2.02. The monoisotopic (exact) mass is 162 g/mol. The summed E-state index contributed by atoms with van der Waals surface area (Å²) in [6.45, 7) is 0. The minimum Gasteiger partial charge on any atom is -0.481 e. The van der Waals surface area contributed by atoms with E-state index in [1.807, 2.05) is 0 Å². The molecule has 10 heavy (non-hydrogen) atoms. The maximum absolute atomic E-state index is 9.96. The van der Waals surface area contributed by atoms with Gasteiger partial charge in [-0.1, -0.05) is 0 Å². The number of rotatable bonds is 5. The zero-order chi connectivity index (χ0) is 7.98. The van der Waals surface area contributed by atoms with Crippen LogP contribution >= 0.6 is 12.6 Å². The molecular formula is C6H10O3S. The van der Waals surface area contributed by atoms with Crippen molar-refractivity contribution in [3.8, 4) is 0 Å². The third kappa shape index (κ3) is 5.62. The maximum atomic E-state index is 9.96. The average molecular weight is 162 g/mol. The summed E-state index contributed by atoms with van der Waals surface area (Å²) in [5.74, 6) is -0.827. The van der Waals surface area contributed by atoms with Crippen LogP contribution in [0.2, 0.25) is 0 Å². The number of carboxylic acid groups (broad SMARTS) is 1. The molecule has 0 rings (SSSR count). The lowest BCUT2D eigenvalue weighted by atomic mass is 10.2. The summed E-state index contributed by atoms with van der Waals surface area (Å²) in [4.78, 5) is 19.9. The minimum absolute atomic E-state index is 0.116. The highest BCUT2D eigenvalue weighted by Crippen LogP contribution is 2.03. The molecule has 1 unspecified atom stereocenters. The Morgan fingerprint density at radius 1 is 1.70 bits per heavy atom. The molecular weight excluding hydrogens is 152 g/mol. The first-order valence-electron chi connectivity index (χ1n) is 3.02. The van der Waals surface area contributed by atoms with Crippen LogP contribution in [0.1, 0.15) is 19.3 Å². The Morgan fingerprint density at radius 2 is 2.30 bits per heavy atom. The normalized spacial score (nSPS) is 12.5. The van der Waals surface area contributed by atoms with Crippen LogP contribution in [0.25, 0.3) is 0 Å². The van der Waals surface area contributed by atoms with Gasteiger partial charge in [-0.2, -0.15) is 12.6 Å². The topological polar surface area (TPSA) is 54.4 Å². The highest BCUT2D eigenvalue weighted by Gasteiger charge is 2.01. The molecule has 0 saturated heterocycles. The van der Waals surface area contributed by atoms with Gasteiger partial charge in [-0.05, 0) is 12.8 Å². The number of carbonyl (C=O) groups is 2. The second-order valence-electron chi connectivity index (χ2n) is 1.99. The van der Waals surface area contributed by atoms with Gasteiger partial charge < -0.3 is 9.90 Å².